The summed E-state index contributed by atoms with van der Waals surface area (Å²) in [5.41, 5.74) is 5.83. The molecule has 3 nitrogen and oxygen atoms in total. The Morgan fingerprint density at radius 1 is 1.25 bits per heavy atom. The summed E-state index contributed by atoms with van der Waals surface area (Å²) in [4.78, 5) is 12.8. The van der Waals surface area contributed by atoms with Crippen LogP contribution in [0.4, 0.5) is 0 Å². The summed E-state index contributed by atoms with van der Waals surface area (Å²) in [6, 6.07) is 0. The SMILES string of the molecule is NC(=O)CN1CCC2(CC1)CC2. The highest BCUT2D eigenvalue weighted by molar-refractivity contribution is 5.75. The van der Waals surface area contributed by atoms with Crippen LogP contribution in [-0.2, 0) is 4.79 Å². The Morgan fingerprint density at radius 3 is 2.25 bits per heavy atom. The van der Waals surface area contributed by atoms with Gasteiger partial charge in [0.25, 0.3) is 0 Å². The van der Waals surface area contributed by atoms with Crippen LogP contribution in [0.15, 0.2) is 0 Å². The van der Waals surface area contributed by atoms with Crippen LogP contribution < -0.4 is 5.73 Å². The highest BCUT2D eigenvalue weighted by Crippen LogP contribution is 2.53. The number of primary amides is 1. The summed E-state index contributed by atoms with van der Waals surface area (Å²) in [5.74, 6) is -0.193. The van der Waals surface area contributed by atoms with Crippen molar-refractivity contribution < 1.29 is 4.79 Å². The summed E-state index contributed by atoms with van der Waals surface area (Å²) in [5, 5.41) is 0. The molecule has 1 aliphatic carbocycles. The Bertz CT molecular complexity index is 189. The van der Waals surface area contributed by atoms with Crippen molar-refractivity contribution in [3.8, 4) is 0 Å². The van der Waals surface area contributed by atoms with Crippen LogP contribution in [0.25, 0.3) is 0 Å². The molecule has 3 heteroatoms. The quantitative estimate of drug-likeness (QED) is 0.646. The van der Waals surface area contributed by atoms with E-state index in [1.54, 1.807) is 0 Å². The van der Waals surface area contributed by atoms with E-state index in [9.17, 15) is 4.79 Å². The first-order valence-corrected chi connectivity index (χ1v) is 4.71. The van der Waals surface area contributed by atoms with Crippen LogP contribution in [0, 0.1) is 5.41 Å². The summed E-state index contributed by atoms with van der Waals surface area (Å²) < 4.78 is 0. The summed E-state index contributed by atoms with van der Waals surface area (Å²) in [6.45, 7) is 2.60. The molecular weight excluding hydrogens is 152 g/mol. The van der Waals surface area contributed by atoms with Gasteiger partial charge in [0.15, 0.2) is 0 Å². The molecule has 0 bridgehead atoms. The molecule has 0 atom stereocenters. The molecular formula is C9H16N2O. The summed E-state index contributed by atoms with van der Waals surface area (Å²) in [6.07, 6.45) is 5.38. The number of hydrogen-bond donors (Lipinski definition) is 1. The van der Waals surface area contributed by atoms with Gasteiger partial charge in [-0.3, -0.25) is 9.69 Å². The number of carbonyl (C=O) groups excluding carboxylic acids is 1. The standard InChI is InChI=1S/C9H16N2O/c10-8(12)7-11-5-3-9(1-2-9)4-6-11/h1-7H2,(H2,10,12). The van der Waals surface area contributed by atoms with E-state index in [-0.39, 0.29) is 5.91 Å². The first-order valence-electron chi connectivity index (χ1n) is 4.71. The molecule has 2 N–H and O–H groups in total. The third-order valence-electron chi connectivity index (χ3n) is 3.25. The molecule has 1 aliphatic heterocycles. The van der Waals surface area contributed by atoms with Crippen LogP contribution in [0.3, 0.4) is 0 Å². The Morgan fingerprint density at radius 2 is 1.83 bits per heavy atom. The maximum Gasteiger partial charge on any atom is 0.231 e. The third-order valence-corrected chi connectivity index (χ3v) is 3.25. The second-order valence-electron chi connectivity index (χ2n) is 4.24. The van der Waals surface area contributed by atoms with E-state index in [0.717, 1.165) is 13.1 Å². The first kappa shape index (κ1) is 8.05. The smallest absolute Gasteiger partial charge is 0.231 e. The number of amides is 1. The summed E-state index contributed by atoms with van der Waals surface area (Å²) in [7, 11) is 0. The monoisotopic (exact) mass is 168 g/mol. The van der Waals surface area contributed by atoms with Crippen molar-refractivity contribution in [3.05, 3.63) is 0 Å². The van der Waals surface area contributed by atoms with E-state index in [4.69, 9.17) is 5.73 Å². The van der Waals surface area contributed by atoms with Gasteiger partial charge in [-0.2, -0.15) is 0 Å². The van der Waals surface area contributed by atoms with E-state index in [0.29, 0.717) is 12.0 Å². The third kappa shape index (κ3) is 1.61. The van der Waals surface area contributed by atoms with Crippen molar-refractivity contribution >= 4 is 5.91 Å². The fourth-order valence-corrected chi connectivity index (χ4v) is 2.08. The van der Waals surface area contributed by atoms with Gasteiger partial charge in [-0.1, -0.05) is 0 Å². The molecule has 68 valence electrons. The maximum absolute atomic E-state index is 10.6. The van der Waals surface area contributed by atoms with Crippen molar-refractivity contribution in [1.82, 2.24) is 4.90 Å². The molecule has 0 unspecified atom stereocenters. The predicted octanol–water partition coefficient (Wildman–Crippen LogP) is 0.348. The fourth-order valence-electron chi connectivity index (χ4n) is 2.08. The Balaban J connectivity index is 1.78. The van der Waals surface area contributed by atoms with Crippen LogP contribution >= 0.6 is 0 Å². The van der Waals surface area contributed by atoms with Gasteiger partial charge in [0.05, 0.1) is 6.54 Å². The molecule has 0 aromatic rings. The number of nitrogens with two attached hydrogens (primary N) is 1. The molecule has 2 rings (SSSR count). The minimum Gasteiger partial charge on any atom is -0.369 e. The lowest BCUT2D eigenvalue weighted by Crippen LogP contribution is -2.40. The first-order chi connectivity index (χ1) is 5.70. The zero-order chi connectivity index (χ0) is 8.60. The van der Waals surface area contributed by atoms with Gasteiger partial charge in [-0.25, -0.2) is 0 Å². The van der Waals surface area contributed by atoms with Gasteiger partial charge in [-0.05, 0) is 44.2 Å². The van der Waals surface area contributed by atoms with Crippen molar-refractivity contribution in [1.29, 1.82) is 0 Å². The van der Waals surface area contributed by atoms with Gasteiger partial charge in [0.2, 0.25) is 5.91 Å². The molecule has 12 heavy (non-hydrogen) atoms. The van der Waals surface area contributed by atoms with E-state index in [1.807, 2.05) is 0 Å². The largest absolute Gasteiger partial charge is 0.369 e. The molecule has 0 aromatic heterocycles. The molecule has 1 heterocycles. The van der Waals surface area contributed by atoms with Gasteiger partial charge < -0.3 is 5.73 Å². The molecule has 2 fully saturated rings. The number of likely N-dealkylation sites (tertiary alicyclic amines) is 1. The maximum atomic E-state index is 10.6. The van der Waals surface area contributed by atoms with Crippen LogP contribution in [-0.4, -0.2) is 30.4 Å². The predicted molar refractivity (Wildman–Crippen MR) is 46.5 cm³/mol. The Kier molecular flexibility index (Phi) is 1.83. The lowest BCUT2D eigenvalue weighted by Gasteiger charge is -2.30. The fraction of sp³-hybridized carbons (Fsp3) is 0.889. The van der Waals surface area contributed by atoms with E-state index < -0.39 is 0 Å². The van der Waals surface area contributed by atoms with Crippen molar-refractivity contribution in [2.45, 2.75) is 25.7 Å². The molecule has 1 saturated carbocycles. The minimum atomic E-state index is -0.193. The molecule has 2 aliphatic rings. The normalized spacial score (nSPS) is 27.3. The van der Waals surface area contributed by atoms with Crippen molar-refractivity contribution in [2.75, 3.05) is 19.6 Å². The lowest BCUT2D eigenvalue weighted by atomic mass is 9.94. The molecule has 1 saturated heterocycles. The number of rotatable bonds is 2. The highest BCUT2D eigenvalue weighted by Gasteiger charge is 2.44. The van der Waals surface area contributed by atoms with E-state index in [1.165, 1.54) is 25.7 Å². The van der Waals surface area contributed by atoms with Gasteiger partial charge in [0.1, 0.15) is 0 Å². The van der Waals surface area contributed by atoms with Gasteiger partial charge >= 0.3 is 0 Å². The Hall–Kier alpha value is -0.570. The molecule has 0 aromatic carbocycles. The van der Waals surface area contributed by atoms with Crippen LogP contribution in [0.1, 0.15) is 25.7 Å². The van der Waals surface area contributed by atoms with Crippen LogP contribution in [0.5, 0.6) is 0 Å². The zero-order valence-electron chi connectivity index (χ0n) is 7.38. The number of piperidine rings is 1. The average Bonchev–Trinajstić information content (AvgIpc) is 2.75. The van der Waals surface area contributed by atoms with Gasteiger partial charge in [-0.15, -0.1) is 0 Å². The average molecular weight is 168 g/mol. The second-order valence-corrected chi connectivity index (χ2v) is 4.24. The lowest BCUT2D eigenvalue weighted by molar-refractivity contribution is -0.119. The molecule has 0 radical (unpaired) electrons. The number of nitrogens with zero attached hydrogens (tertiary/aromatic N) is 1. The number of hydrogen-bond acceptors (Lipinski definition) is 2. The minimum absolute atomic E-state index is 0.193. The van der Waals surface area contributed by atoms with Crippen LogP contribution in [0.2, 0.25) is 0 Å². The van der Waals surface area contributed by atoms with E-state index in [2.05, 4.69) is 4.90 Å². The topological polar surface area (TPSA) is 46.3 Å². The number of carbonyl (C=O) groups is 1. The van der Waals surface area contributed by atoms with Crippen molar-refractivity contribution in [3.63, 3.8) is 0 Å². The van der Waals surface area contributed by atoms with Gasteiger partial charge in [0, 0.05) is 0 Å². The summed E-state index contributed by atoms with van der Waals surface area (Å²) >= 11 is 0. The van der Waals surface area contributed by atoms with Crippen molar-refractivity contribution in [2.24, 2.45) is 11.1 Å². The molecule has 1 spiro atoms. The van der Waals surface area contributed by atoms with E-state index >= 15 is 0 Å². The second kappa shape index (κ2) is 2.73. The molecule has 1 amide bonds. The Labute approximate surface area is 72.9 Å². The highest BCUT2D eigenvalue weighted by atomic mass is 16.1. The zero-order valence-corrected chi connectivity index (χ0v) is 7.38.